The molecule has 0 radical (unpaired) electrons. The molecule has 0 aliphatic heterocycles. The van der Waals surface area contributed by atoms with Crippen molar-refractivity contribution >= 4 is 17.5 Å². The van der Waals surface area contributed by atoms with E-state index in [-0.39, 0.29) is 23.8 Å². The molecule has 0 bridgehead atoms. The zero-order valence-electron chi connectivity index (χ0n) is 12.5. The van der Waals surface area contributed by atoms with E-state index in [4.69, 9.17) is 0 Å². The molecule has 1 aromatic heterocycles. The Balaban J connectivity index is 2.91. The van der Waals surface area contributed by atoms with E-state index >= 15 is 0 Å². The molecule has 0 aromatic carbocycles. The van der Waals surface area contributed by atoms with E-state index in [1.54, 1.807) is 35.8 Å². The van der Waals surface area contributed by atoms with Crippen LogP contribution in [0.2, 0.25) is 0 Å². The number of rotatable bonds is 4. The molecule has 2 amide bonds. The molecule has 0 aliphatic carbocycles. The summed E-state index contributed by atoms with van der Waals surface area (Å²) in [6.45, 7) is 7.58. The molecule has 1 heterocycles. The lowest BCUT2D eigenvalue weighted by Crippen LogP contribution is -2.34. The highest BCUT2D eigenvalue weighted by Gasteiger charge is 2.19. The van der Waals surface area contributed by atoms with E-state index in [1.807, 2.05) is 27.7 Å². The molecule has 0 fully saturated rings. The van der Waals surface area contributed by atoms with Crippen molar-refractivity contribution in [1.82, 2.24) is 9.47 Å². The molecule has 0 aliphatic rings. The quantitative estimate of drug-likeness (QED) is 0.906. The third-order valence-electron chi connectivity index (χ3n) is 3.11. The van der Waals surface area contributed by atoms with Gasteiger partial charge in [0.1, 0.15) is 5.69 Å². The van der Waals surface area contributed by atoms with Gasteiger partial charge in [-0.25, -0.2) is 0 Å². The highest BCUT2D eigenvalue weighted by atomic mass is 16.2. The van der Waals surface area contributed by atoms with Crippen LogP contribution in [0.15, 0.2) is 12.3 Å². The molecule has 5 nitrogen and oxygen atoms in total. The molecule has 106 valence electrons. The minimum atomic E-state index is -0.0855. The molecule has 1 rings (SSSR count). The molecule has 1 aromatic rings. The third kappa shape index (κ3) is 3.59. The van der Waals surface area contributed by atoms with Gasteiger partial charge in [-0.05, 0) is 19.9 Å². The van der Waals surface area contributed by atoms with Crippen molar-refractivity contribution < 1.29 is 9.59 Å². The van der Waals surface area contributed by atoms with E-state index in [0.717, 1.165) is 0 Å². The second kappa shape index (κ2) is 5.91. The smallest absolute Gasteiger partial charge is 0.270 e. The van der Waals surface area contributed by atoms with Crippen LogP contribution in [0, 0.1) is 5.92 Å². The summed E-state index contributed by atoms with van der Waals surface area (Å²) < 4.78 is 1.73. The number of carbonyl (C=O) groups excluding carboxylic acids is 2. The van der Waals surface area contributed by atoms with Crippen molar-refractivity contribution in [2.45, 2.75) is 33.7 Å². The maximum absolute atomic E-state index is 12.2. The average molecular weight is 265 g/mol. The fourth-order valence-corrected chi connectivity index (χ4v) is 1.55. The van der Waals surface area contributed by atoms with Gasteiger partial charge in [-0.15, -0.1) is 0 Å². The number of aryl methyl sites for hydroxylation is 1. The molecule has 0 spiro atoms. The first-order valence-corrected chi connectivity index (χ1v) is 6.48. The molecule has 0 saturated carbocycles. The van der Waals surface area contributed by atoms with E-state index in [0.29, 0.717) is 11.4 Å². The van der Waals surface area contributed by atoms with E-state index < -0.39 is 0 Å². The topological polar surface area (TPSA) is 54.3 Å². The second-order valence-corrected chi connectivity index (χ2v) is 5.38. The molecular formula is C14H23N3O2. The molecule has 0 saturated heterocycles. The molecule has 0 unspecified atom stereocenters. The summed E-state index contributed by atoms with van der Waals surface area (Å²) in [5.41, 5.74) is 1.22. The maximum Gasteiger partial charge on any atom is 0.270 e. The predicted molar refractivity (Wildman–Crippen MR) is 76.1 cm³/mol. The van der Waals surface area contributed by atoms with Gasteiger partial charge < -0.3 is 14.8 Å². The summed E-state index contributed by atoms with van der Waals surface area (Å²) in [5.74, 6) is -0.193. The van der Waals surface area contributed by atoms with Gasteiger partial charge >= 0.3 is 0 Å². The standard InChI is InChI=1S/C14H23N3O2/c1-9(2)13(18)15-11-7-12(16(5)8-11)14(19)17(6)10(3)4/h7-10H,1-6H3,(H,15,18). The Hall–Kier alpha value is -1.78. The molecular weight excluding hydrogens is 242 g/mol. The molecule has 5 heteroatoms. The van der Waals surface area contributed by atoms with Gasteiger partial charge in [0.15, 0.2) is 0 Å². The van der Waals surface area contributed by atoms with Crippen molar-refractivity contribution in [1.29, 1.82) is 0 Å². The normalized spacial score (nSPS) is 10.9. The Morgan fingerprint density at radius 2 is 1.84 bits per heavy atom. The minimum Gasteiger partial charge on any atom is -0.344 e. The fourth-order valence-electron chi connectivity index (χ4n) is 1.55. The van der Waals surface area contributed by atoms with Crippen molar-refractivity contribution in [2.24, 2.45) is 13.0 Å². The Bertz CT molecular complexity index is 475. The summed E-state index contributed by atoms with van der Waals surface area (Å²) in [7, 11) is 3.57. The van der Waals surface area contributed by atoms with Crippen molar-refractivity contribution in [3.8, 4) is 0 Å². The second-order valence-electron chi connectivity index (χ2n) is 5.38. The molecule has 0 atom stereocenters. The van der Waals surface area contributed by atoms with Gasteiger partial charge in [0, 0.05) is 32.3 Å². The van der Waals surface area contributed by atoms with Crippen molar-refractivity contribution in [2.75, 3.05) is 12.4 Å². The monoisotopic (exact) mass is 265 g/mol. The Kier molecular flexibility index (Phi) is 4.75. The predicted octanol–water partition coefficient (Wildman–Crippen LogP) is 2.10. The van der Waals surface area contributed by atoms with Crippen LogP contribution in [0.4, 0.5) is 5.69 Å². The van der Waals surface area contributed by atoms with Gasteiger partial charge in [0.2, 0.25) is 5.91 Å². The fraction of sp³-hybridized carbons (Fsp3) is 0.571. The number of hydrogen-bond donors (Lipinski definition) is 1. The van der Waals surface area contributed by atoms with Crippen LogP contribution < -0.4 is 5.32 Å². The average Bonchev–Trinajstić information content (AvgIpc) is 2.67. The lowest BCUT2D eigenvalue weighted by Gasteiger charge is -2.21. The lowest BCUT2D eigenvalue weighted by molar-refractivity contribution is -0.118. The number of amides is 2. The van der Waals surface area contributed by atoms with Gasteiger partial charge in [0.25, 0.3) is 5.91 Å². The van der Waals surface area contributed by atoms with Crippen molar-refractivity contribution in [3.63, 3.8) is 0 Å². The number of aromatic nitrogens is 1. The van der Waals surface area contributed by atoms with Gasteiger partial charge in [-0.2, -0.15) is 0 Å². The Morgan fingerprint density at radius 3 is 2.32 bits per heavy atom. The number of carbonyl (C=O) groups is 2. The van der Waals surface area contributed by atoms with Crippen LogP contribution in [0.25, 0.3) is 0 Å². The summed E-state index contributed by atoms with van der Waals surface area (Å²) in [5, 5.41) is 2.80. The SMILES string of the molecule is CC(C)C(=O)Nc1cc(C(=O)N(C)C(C)C)n(C)c1. The van der Waals surface area contributed by atoms with Crippen LogP contribution in [0.1, 0.15) is 38.2 Å². The zero-order chi connectivity index (χ0) is 14.7. The van der Waals surface area contributed by atoms with Crippen LogP contribution in [-0.4, -0.2) is 34.4 Å². The third-order valence-corrected chi connectivity index (χ3v) is 3.11. The van der Waals surface area contributed by atoms with Gasteiger partial charge in [-0.3, -0.25) is 9.59 Å². The summed E-state index contributed by atoms with van der Waals surface area (Å²) in [6, 6.07) is 1.85. The number of nitrogens with one attached hydrogen (secondary N) is 1. The van der Waals surface area contributed by atoms with Crippen LogP contribution >= 0.6 is 0 Å². The first-order chi connectivity index (χ1) is 8.73. The summed E-state index contributed by atoms with van der Waals surface area (Å²) in [6.07, 6.45) is 1.75. The number of anilines is 1. The minimum absolute atomic E-state index is 0.0532. The zero-order valence-corrected chi connectivity index (χ0v) is 12.5. The Morgan fingerprint density at radius 1 is 1.26 bits per heavy atom. The summed E-state index contributed by atoms with van der Waals surface area (Å²) >= 11 is 0. The van der Waals surface area contributed by atoms with E-state index in [9.17, 15) is 9.59 Å². The summed E-state index contributed by atoms with van der Waals surface area (Å²) in [4.78, 5) is 25.5. The lowest BCUT2D eigenvalue weighted by atomic mass is 10.2. The highest BCUT2D eigenvalue weighted by Crippen LogP contribution is 2.16. The maximum atomic E-state index is 12.2. The first-order valence-electron chi connectivity index (χ1n) is 6.48. The molecule has 19 heavy (non-hydrogen) atoms. The Labute approximate surface area is 114 Å². The number of nitrogens with zero attached hydrogens (tertiary/aromatic N) is 2. The van der Waals surface area contributed by atoms with Crippen LogP contribution in [0.5, 0.6) is 0 Å². The van der Waals surface area contributed by atoms with E-state index in [2.05, 4.69) is 5.32 Å². The highest BCUT2D eigenvalue weighted by molar-refractivity contribution is 5.97. The van der Waals surface area contributed by atoms with Crippen molar-refractivity contribution in [3.05, 3.63) is 18.0 Å². The van der Waals surface area contributed by atoms with Gasteiger partial charge in [-0.1, -0.05) is 13.8 Å². The first kappa shape index (κ1) is 15.3. The van der Waals surface area contributed by atoms with E-state index in [1.165, 1.54) is 0 Å². The van der Waals surface area contributed by atoms with Crippen LogP contribution in [-0.2, 0) is 11.8 Å². The van der Waals surface area contributed by atoms with Gasteiger partial charge in [0.05, 0.1) is 5.69 Å². The number of hydrogen-bond acceptors (Lipinski definition) is 2. The van der Waals surface area contributed by atoms with Crippen LogP contribution in [0.3, 0.4) is 0 Å². The largest absolute Gasteiger partial charge is 0.344 e. The molecule has 1 N–H and O–H groups in total.